The summed E-state index contributed by atoms with van der Waals surface area (Å²) in [7, 11) is 0. The molecule has 0 radical (unpaired) electrons. The second kappa shape index (κ2) is 10.8. The molecule has 26 heavy (non-hydrogen) atoms. The molecular weight excluding hydrogens is 330 g/mol. The minimum Gasteiger partial charge on any atom is -0.399 e. The Balaban J connectivity index is 2.47. The SMILES string of the molecule is CCNC(=O)[C@@H](NC(=O)[C@H](C)NC[C@@H](N)Cc1ccc(N)cc1)C(C)C. The van der Waals surface area contributed by atoms with Gasteiger partial charge >= 0.3 is 0 Å². The van der Waals surface area contributed by atoms with Gasteiger partial charge in [-0.15, -0.1) is 0 Å². The Labute approximate surface area is 156 Å². The van der Waals surface area contributed by atoms with E-state index >= 15 is 0 Å². The standard InChI is InChI=1S/C19H33N5O2/c1-5-22-19(26)17(12(2)3)24-18(25)13(4)23-11-16(21)10-14-6-8-15(20)9-7-14/h6-9,12-13,16-17,23H,5,10-11,20-21H2,1-4H3,(H,22,26)(H,24,25)/t13-,16-,17-/m0/s1. The van der Waals surface area contributed by atoms with Crippen molar-refractivity contribution >= 4 is 17.5 Å². The van der Waals surface area contributed by atoms with Gasteiger partial charge in [-0.1, -0.05) is 26.0 Å². The second-order valence-electron chi connectivity index (χ2n) is 6.96. The van der Waals surface area contributed by atoms with E-state index in [1.54, 1.807) is 6.92 Å². The van der Waals surface area contributed by atoms with Gasteiger partial charge in [0.05, 0.1) is 6.04 Å². The molecule has 7 heteroatoms. The second-order valence-corrected chi connectivity index (χ2v) is 6.96. The highest BCUT2D eigenvalue weighted by Crippen LogP contribution is 2.07. The van der Waals surface area contributed by atoms with Crippen LogP contribution in [0.2, 0.25) is 0 Å². The van der Waals surface area contributed by atoms with Gasteiger partial charge in [0, 0.05) is 24.8 Å². The lowest BCUT2D eigenvalue weighted by molar-refractivity contribution is -0.130. The monoisotopic (exact) mass is 363 g/mol. The molecule has 0 aliphatic heterocycles. The van der Waals surface area contributed by atoms with Crippen molar-refractivity contribution in [3.05, 3.63) is 29.8 Å². The number of hydrogen-bond donors (Lipinski definition) is 5. The van der Waals surface area contributed by atoms with Crippen LogP contribution in [-0.2, 0) is 16.0 Å². The molecule has 0 unspecified atom stereocenters. The third-order valence-electron chi connectivity index (χ3n) is 4.16. The number of carbonyl (C=O) groups is 2. The van der Waals surface area contributed by atoms with Crippen molar-refractivity contribution in [2.75, 3.05) is 18.8 Å². The molecular formula is C19H33N5O2. The van der Waals surface area contributed by atoms with Crippen molar-refractivity contribution in [3.63, 3.8) is 0 Å². The molecule has 2 amide bonds. The minimum absolute atomic E-state index is 0.00507. The highest BCUT2D eigenvalue weighted by Gasteiger charge is 2.25. The van der Waals surface area contributed by atoms with E-state index in [0.717, 1.165) is 11.3 Å². The molecule has 0 spiro atoms. The summed E-state index contributed by atoms with van der Waals surface area (Å²) in [5.41, 5.74) is 13.6. The Morgan fingerprint density at radius 3 is 2.23 bits per heavy atom. The van der Waals surface area contributed by atoms with Crippen LogP contribution in [0.1, 0.15) is 33.3 Å². The molecule has 0 saturated heterocycles. The van der Waals surface area contributed by atoms with E-state index < -0.39 is 12.1 Å². The zero-order valence-electron chi connectivity index (χ0n) is 16.2. The van der Waals surface area contributed by atoms with Crippen LogP contribution in [-0.4, -0.2) is 43.0 Å². The molecule has 3 atom stereocenters. The van der Waals surface area contributed by atoms with Gasteiger partial charge in [-0.05, 0) is 43.9 Å². The molecule has 0 fully saturated rings. The molecule has 0 aromatic heterocycles. The molecule has 7 N–H and O–H groups in total. The maximum Gasteiger partial charge on any atom is 0.242 e. The summed E-state index contributed by atoms with van der Waals surface area (Å²) in [5, 5.41) is 8.70. The lowest BCUT2D eigenvalue weighted by Gasteiger charge is -2.24. The van der Waals surface area contributed by atoms with Crippen molar-refractivity contribution in [2.45, 2.75) is 52.2 Å². The third kappa shape index (κ3) is 7.41. The van der Waals surface area contributed by atoms with Crippen molar-refractivity contribution in [1.82, 2.24) is 16.0 Å². The van der Waals surface area contributed by atoms with Gasteiger partial charge in [-0.3, -0.25) is 9.59 Å². The Hall–Kier alpha value is -2.12. The number of nitrogen functional groups attached to an aromatic ring is 1. The van der Waals surface area contributed by atoms with Gasteiger partial charge in [-0.2, -0.15) is 0 Å². The van der Waals surface area contributed by atoms with Crippen LogP contribution in [0.4, 0.5) is 5.69 Å². The number of amides is 2. The number of carbonyl (C=O) groups excluding carboxylic acids is 2. The quantitative estimate of drug-likeness (QED) is 0.385. The van der Waals surface area contributed by atoms with Crippen LogP contribution >= 0.6 is 0 Å². The molecule has 0 heterocycles. The van der Waals surface area contributed by atoms with Gasteiger partial charge in [0.2, 0.25) is 11.8 Å². The Morgan fingerprint density at radius 1 is 1.08 bits per heavy atom. The number of nitrogens with one attached hydrogen (secondary N) is 3. The van der Waals surface area contributed by atoms with Crippen LogP contribution in [0.25, 0.3) is 0 Å². The van der Waals surface area contributed by atoms with Crippen LogP contribution < -0.4 is 27.4 Å². The van der Waals surface area contributed by atoms with Crippen molar-refractivity contribution in [2.24, 2.45) is 11.7 Å². The summed E-state index contributed by atoms with van der Waals surface area (Å²) >= 11 is 0. The van der Waals surface area contributed by atoms with Crippen LogP contribution in [0, 0.1) is 5.92 Å². The summed E-state index contributed by atoms with van der Waals surface area (Å²) in [4.78, 5) is 24.4. The van der Waals surface area contributed by atoms with Crippen molar-refractivity contribution in [1.29, 1.82) is 0 Å². The lowest BCUT2D eigenvalue weighted by atomic mass is 10.0. The fourth-order valence-electron chi connectivity index (χ4n) is 2.55. The lowest BCUT2D eigenvalue weighted by Crippen LogP contribution is -2.55. The highest BCUT2D eigenvalue weighted by atomic mass is 16.2. The van der Waals surface area contributed by atoms with Gasteiger partial charge in [0.15, 0.2) is 0 Å². The van der Waals surface area contributed by atoms with Gasteiger partial charge < -0.3 is 27.4 Å². The fraction of sp³-hybridized carbons (Fsp3) is 0.579. The molecule has 146 valence electrons. The molecule has 0 aliphatic carbocycles. The van der Waals surface area contributed by atoms with Gasteiger partial charge in [0.1, 0.15) is 6.04 Å². The number of nitrogens with two attached hydrogens (primary N) is 2. The maximum atomic E-state index is 12.4. The topological polar surface area (TPSA) is 122 Å². The predicted molar refractivity (Wildman–Crippen MR) is 105 cm³/mol. The van der Waals surface area contributed by atoms with E-state index in [-0.39, 0.29) is 23.8 Å². The highest BCUT2D eigenvalue weighted by molar-refractivity contribution is 5.89. The average Bonchev–Trinajstić information content (AvgIpc) is 2.59. The largest absolute Gasteiger partial charge is 0.399 e. The third-order valence-corrected chi connectivity index (χ3v) is 4.16. The molecule has 7 nitrogen and oxygen atoms in total. The van der Waals surface area contributed by atoms with E-state index in [0.29, 0.717) is 19.5 Å². The Kier molecular flexibility index (Phi) is 9.09. The average molecular weight is 364 g/mol. The summed E-state index contributed by atoms with van der Waals surface area (Å²) < 4.78 is 0. The van der Waals surface area contributed by atoms with Crippen LogP contribution in [0.15, 0.2) is 24.3 Å². The summed E-state index contributed by atoms with van der Waals surface area (Å²) in [6.07, 6.45) is 0.690. The van der Waals surface area contributed by atoms with E-state index in [1.165, 1.54) is 0 Å². The van der Waals surface area contributed by atoms with E-state index in [2.05, 4.69) is 16.0 Å². The molecule has 0 bridgehead atoms. The first-order valence-electron chi connectivity index (χ1n) is 9.16. The molecule has 1 aromatic carbocycles. The first-order chi connectivity index (χ1) is 12.2. The van der Waals surface area contributed by atoms with E-state index in [9.17, 15) is 9.59 Å². The zero-order valence-corrected chi connectivity index (χ0v) is 16.2. The first-order valence-corrected chi connectivity index (χ1v) is 9.16. The summed E-state index contributed by atoms with van der Waals surface area (Å²) in [6, 6.07) is 6.48. The molecule has 0 saturated carbocycles. The summed E-state index contributed by atoms with van der Waals surface area (Å²) in [6.45, 7) is 8.45. The van der Waals surface area contributed by atoms with Crippen molar-refractivity contribution < 1.29 is 9.59 Å². The Bertz CT molecular complexity index is 574. The zero-order chi connectivity index (χ0) is 19.7. The normalized spacial score (nSPS) is 14.5. The number of likely N-dealkylation sites (N-methyl/N-ethyl adjacent to an activating group) is 1. The van der Waals surface area contributed by atoms with Crippen molar-refractivity contribution in [3.8, 4) is 0 Å². The van der Waals surface area contributed by atoms with E-state index in [1.807, 2.05) is 45.0 Å². The molecule has 1 aromatic rings. The number of benzene rings is 1. The Morgan fingerprint density at radius 2 is 1.69 bits per heavy atom. The van der Waals surface area contributed by atoms with Gasteiger partial charge in [0.25, 0.3) is 0 Å². The molecule has 1 rings (SSSR count). The number of anilines is 1. The summed E-state index contributed by atoms with van der Waals surface area (Å²) in [5.74, 6) is -0.372. The molecule has 0 aliphatic rings. The van der Waals surface area contributed by atoms with Crippen LogP contribution in [0.5, 0.6) is 0 Å². The van der Waals surface area contributed by atoms with E-state index in [4.69, 9.17) is 11.5 Å². The smallest absolute Gasteiger partial charge is 0.242 e. The predicted octanol–water partition coefficient (Wildman–Crippen LogP) is 0.394. The number of hydrogen-bond acceptors (Lipinski definition) is 5. The number of rotatable bonds is 10. The first kappa shape index (κ1) is 21.9. The van der Waals surface area contributed by atoms with Gasteiger partial charge in [-0.25, -0.2) is 0 Å². The maximum absolute atomic E-state index is 12.4. The minimum atomic E-state index is -0.546. The van der Waals surface area contributed by atoms with Crippen LogP contribution in [0.3, 0.4) is 0 Å². The fourth-order valence-corrected chi connectivity index (χ4v) is 2.55.